The molecular formula is C18H34IN3O2. The summed E-state index contributed by atoms with van der Waals surface area (Å²) in [6.07, 6.45) is 4.22. The van der Waals surface area contributed by atoms with Gasteiger partial charge in [-0.05, 0) is 33.1 Å². The second-order valence-electron chi connectivity index (χ2n) is 7.63. The first-order valence-corrected chi connectivity index (χ1v) is 9.37. The molecule has 1 N–H and O–H groups in total. The van der Waals surface area contributed by atoms with Gasteiger partial charge in [0.1, 0.15) is 0 Å². The van der Waals surface area contributed by atoms with E-state index in [0.29, 0.717) is 24.2 Å². The maximum atomic E-state index is 5.92. The van der Waals surface area contributed by atoms with E-state index in [1.54, 1.807) is 0 Å². The normalized spacial score (nSPS) is 32.8. The number of rotatable bonds is 4. The Labute approximate surface area is 164 Å². The fourth-order valence-electron chi connectivity index (χ4n) is 4.61. The number of fused-ring (bicyclic) bond motifs is 1. The number of nitrogens with one attached hydrogen (secondary N) is 1. The van der Waals surface area contributed by atoms with E-state index in [9.17, 15) is 0 Å². The van der Waals surface area contributed by atoms with Gasteiger partial charge in [0.15, 0.2) is 5.96 Å². The maximum absolute atomic E-state index is 5.92. The highest BCUT2D eigenvalue weighted by Crippen LogP contribution is 2.52. The van der Waals surface area contributed by atoms with Crippen molar-refractivity contribution < 1.29 is 9.47 Å². The van der Waals surface area contributed by atoms with Crippen LogP contribution in [0, 0.1) is 11.3 Å². The quantitative estimate of drug-likeness (QED) is 0.406. The first-order valence-electron chi connectivity index (χ1n) is 9.37. The fourth-order valence-corrected chi connectivity index (χ4v) is 4.61. The van der Waals surface area contributed by atoms with Gasteiger partial charge >= 0.3 is 0 Å². The number of aliphatic imine (C=N–C) groups is 1. The highest BCUT2D eigenvalue weighted by atomic mass is 127. The van der Waals surface area contributed by atoms with Gasteiger partial charge in [-0.25, -0.2) is 0 Å². The van der Waals surface area contributed by atoms with Crippen molar-refractivity contribution in [2.45, 2.75) is 65.2 Å². The molecule has 3 atom stereocenters. The lowest BCUT2D eigenvalue weighted by Crippen LogP contribution is -2.68. The predicted molar refractivity (Wildman–Crippen MR) is 108 cm³/mol. The third-order valence-electron chi connectivity index (χ3n) is 5.84. The predicted octanol–water partition coefficient (Wildman–Crippen LogP) is 2.88. The van der Waals surface area contributed by atoms with E-state index < -0.39 is 0 Å². The number of nitrogens with zero attached hydrogens (tertiary/aromatic N) is 2. The summed E-state index contributed by atoms with van der Waals surface area (Å²) in [5, 5.41) is 3.79. The monoisotopic (exact) mass is 451 g/mol. The Kier molecular flexibility index (Phi) is 7.20. The molecule has 0 aromatic heterocycles. The third kappa shape index (κ3) is 3.85. The van der Waals surface area contributed by atoms with Crippen LogP contribution < -0.4 is 5.32 Å². The Bertz CT molecular complexity index is 436. The van der Waals surface area contributed by atoms with Crippen LogP contribution in [0.15, 0.2) is 4.99 Å². The van der Waals surface area contributed by atoms with Crippen LogP contribution in [0.1, 0.15) is 47.0 Å². The average Bonchev–Trinajstić information content (AvgIpc) is 2.99. The zero-order valence-corrected chi connectivity index (χ0v) is 17.9. The number of hydrogen-bond donors (Lipinski definition) is 1. The number of guanidine groups is 1. The standard InChI is InChI=1S/C18H33N3O2.HI/c1-5-19-17(21-10-7-13(8-11-21)22-6-2)20-15-14-9-12-23-16(14)18(15,3)4;/h13-16H,5-12H2,1-4H3,(H,19,20);1H. The second-order valence-corrected chi connectivity index (χ2v) is 7.63. The van der Waals surface area contributed by atoms with Gasteiger partial charge in [-0.15, -0.1) is 24.0 Å². The molecule has 3 fully saturated rings. The van der Waals surface area contributed by atoms with Crippen LogP contribution in [0.2, 0.25) is 0 Å². The van der Waals surface area contributed by atoms with Gasteiger partial charge in [0.2, 0.25) is 0 Å². The van der Waals surface area contributed by atoms with E-state index in [1.807, 2.05) is 0 Å². The molecule has 5 nitrogen and oxygen atoms in total. The summed E-state index contributed by atoms with van der Waals surface area (Å²) in [6, 6.07) is 0.477. The van der Waals surface area contributed by atoms with Gasteiger partial charge in [-0.3, -0.25) is 4.99 Å². The van der Waals surface area contributed by atoms with Crippen molar-refractivity contribution in [1.82, 2.24) is 10.2 Å². The van der Waals surface area contributed by atoms with Crippen LogP contribution in [0.5, 0.6) is 0 Å². The summed E-state index contributed by atoms with van der Waals surface area (Å²) in [7, 11) is 0. The van der Waals surface area contributed by atoms with Crippen molar-refractivity contribution in [2.24, 2.45) is 16.3 Å². The van der Waals surface area contributed by atoms with E-state index in [2.05, 4.69) is 37.9 Å². The van der Waals surface area contributed by atoms with Crippen LogP contribution >= 0.6 is 24.0 Å². The largest absolute Gasteiger partial charge is 0.378 e. The third-order valence-corrected chi connectivity index (χ3v) is 5.84. The number of ether oxygens (including phenoxy) is 2. The maximum Gasteiger partial charge on any atom is 0.194 e. The Morgan fingerprint density at radius 2 is 1.96 bits per heavy atom. The van der Waals surface area contributed by atoms with Gasteiger partial charge in [-0.1, -0.05) is 13.8 Å². The first kappa shape index (κ1) is 20.2. The summed E-state index contributed by atoms with van der Waals surface area (Å²) < 4.78 is 11.7. The Morgan fingerprint density at radius 1 is 1.25 bits per heavy atom. The molecule has 3 aliphatic rings. The lowest BCUT2D eigenvalue weighted by atomic mass is 9.57. The molecule has 0 aromatic carbocycles. The summed E-state index contributed by atoms with van der Waals surface area (Å²) in [6.45, 7) is 13.5. The highest BCUT2D eigenvalue weighted by molar-refractivity contribution is 14.0. The van der Waals surface area contributed by atoms with Crippen molar-refractivity contribution in [3.8, 4) is 0 Å². The SMILES string of the molecule is CCN=C(NC1C2CCOC2C1(C)C)N1CCC(OCC)CC1.I. The van der Waals surface area contributed by atoms with E-state index in [0.717, 1.165) is 51.6 Å². The van der Waals surface area contributed by atoms with Crippen LogP contribution in [-0.4, -0.2) is 62.0 Å². The average molecular weight is 451 g/mol. The number of halogens is 1. The number of likely N-dealkylation sites (tertiary alicyclic amines) is 1. The van der Waals surface area contributed by atoms with Crippen LogP contribution in [0.4, 0.5) is 0 Å². The molecule has 0 spiro atoms. The molecule has 0 radical (unpaired) electrons. The van der Waals surface area contributed by atoms with Gasteiger partial charge in [0.25, 0.3) is 0 Å². The molecule has 0 amide bonds. The lowest BCUT2D eigenvalue weighted by molar-refractivity contribution is -0.107. The topological polar surface area (TPSA) is 46.1 Å². The van der Waals surface area contributed by atoms with Crippen molar-refractivity contribution in [3.63, 3.8) is 0 Å². The summed E-state index contributed by atoms with van der Waals surface area (Å²) in [5.74, 6) is 1.74. The van der Waals surface area contributed by atoms with Crippen LogP contribution in [0.25, 0.3) is 0 Å². The van der Waals surface area contributed by atoms with Gasteiger partial charge in [-0.2, -0.15) is 0 Å². The zero-order valence-electron chi connectivity index (χ0n) is 15.6. The Morgan fingerprint density at radius 3 is 2.58 bits per heavy atom. The summed E-state index contributed by atoms with van der Waals surface area (Å²) in [5.41, 5.74) is 0.194. The van der Waals surface area contributed by atoms with Crippen molar-refractivity contribution >= 4 is 29.9 Å². The number of hydrogen-bond acceptors (Lipinski definition) is 3. The van der Waals surface area contributed by atoms with Crippen molar-refractivity contribution in [3.05, 3.63) is 0 Å². The lowest BCUT2D eigenvalue weighted by Gasteiger charge is -2.55. The molecule has 1 aliphatic carbocycles. The Hall–Kier alpha value is -0.0800. The second kappa shape index (κ2) is 8.54. The minimum atomic E-state index is 0. The molecule has 2 aliphatic heterocycles. The van der Waals surface area contributed by atoms with Gasteiger partial charge in [0, 0.05) is 50.2 Å². The molecule has 6 heteroatoms. The molecule has 1 saturated carbocycles. The van der Waals surface area contributed by atoms with Crippen molar-refractivity contribution in [1.29, 1.82) is 0 Å². The molecule has 140 valence electrons. The molecule has 0 aromatic rings. The minimum absolute atomic E-state index is 0. The summed E-state index contributed by atoms with van der Waals surface area (Å²) in [4.78, 5) is 7.19. The first-order chi connectivity index (χ1) is 11.1. The number of piperidine rings is 1. The molecule has 3 unspecified atom stereocenters. The molecule has 2 heterocycles. The molecule has 2 saturated heterocycles. The summed E-state index contributed by atoms with van der Waals surface area (Å²) >= 11 is 0. The van der Waals surface area contributed by atoms with E-state index in [4.69, 9.17) is 14.5 Å². The molecular weight excluding hydrogens is 417 g/mol. The zero-order chi connectivity index (χ0) is 16.4. The van der Waals surface area contributed by atoms with Crippen molar-refractivity contribution in [2.75, 3.05) is 32.8 Å². The van der Waals surface area contributed by atoms with Gasteiger partial charge in [0.05, 0.1) is 12.2 Å². The van der Waals surface area contributed by atoms with E-state index in [1.165, 1.54) is 6.42 Å². The minimum Gasteiger partial charge on any atom is -0.378 e. The van der Waals surface area contributed by atoms with Gasteiger partial charge < -0.3 is 19.7 Å². The van der Waals surface area contributed by atoms with E-state index >= 15 is 0 Å². The molecule has 0 bridgehead atoms. The van der Waals surface area contributed by atoms with E-state index in [-0.39, 0.29) is 29.4 Å². The van der Waals surface area contributed by atoms with Crippen LogP contribution in [-0.2, 0) is 9.47 Å². The smallest absolute Gasteiger partial charge is 0.194 e. The fraction of sp³-hybridized carbons (Fsp3) is 0.944. The Balaban J connectivity index is 0.00000208. The molecule has 24 heavy (non-hydrogen) atoms. The van der Waals surface area contributed by atoms with Crippen LogP contribution in [0.3, 0.4) is 0 Å². The highest BCUT2D eigenvalue weighted by Gasteiger charge is 2.59. The molecule has 3 rings (SSSR count).